The smallest absolute Gasteiger partial charge is 0.404 e. The maximum absolute atomic E-state index is 12.4. The van der Waals surface area contributed by atoms with Crippen LogP contribution < -0.4 is 5.73 Å². The second-order valence-corrected chi connectivity index (χ2v) is 3.58. The minimum absolute atomic E-state index is 0.203. The minimum Gasteiger partial charge on any atom is -0.404 e. The normalized spacial score (nSPS) is 12.2. The highest BCUT2D eigenvalue weighted by atomic mass is 19.4. The van der Waals surface area contributed by atoms with E-state index in [1.165, 1.54) is 18.5 Å². The molecule has 1 aromatic carbocycles. The number of aliphatic imine (C=N–C) groups is 1. The molecule has 0 aromatic heterocycles. The molecule has 3 nitrogen and oxygen atoms in total. The Labute approximate surface area is 110 Å². The first-order valence-corrected chi connectivity index (χ1v) is 5.42. The molecule has 0 aliphatic rings. The molecule has 0 bridgehead atoms. The van der Waals surface area contributed by atoms with Gasteiger partial charge in [0.15, 0.2) is 0 Å². The fourth-order valence-corrected chi connectivity index (χ4v) is 1.18. The summed E-state index contributed by atoms with van der Waals surface area (Å²) in [5.41, 5.74) is 5.85. The van der Waals surface area contributed by atoms with Crippen LogP contribution in [0, 0.1) is 0 Å². The monoisotopic (exact) mass is 274 g/mol. The molecule has 1 rings (SSSR count). The van der Waals surface area contributed by atoms with Crippen LogP contribution in [0.4, 0.5) is 13.2 Å². The first kappa shape index (κ1) is 17.2. The molecular weight excluding hydrogens is 257 g/mol. The Hall–Kier alpha value is -1.82. The Morgan fingerprint density at radius 3 is 2.53 bits per heavy atom. The van der Waals surface area contributed by atoms with E-state index in [4.69, 9.17) is 10.8 Å². The topological polar surface area (TPSA) is 58.6 Å². The molecule has 106 valence electrons. The number of nitrogens with two attached hydrogens (primary N) is 1. The fraction of sp³-hybridized carbons (Fsp3) is 0.308. The summed E-state index contributed by atoms with van der Waals surface area (Å²) in [6, 6.07) is 5.12. The van der Waals surface area contributed by atoms with Gasteiger partial charge in [-0.2, -0.15) is 13.2 Å². The van der Waals surface area contributed by atoms with Crippen molar-refractivity contribution in [3.05, 3.63) is 47.2 Å². The number of alkyl halides is 3. The Morgan fingerprint density at radius 2 is 2.00 bits per heavy atom. The van der Waals surface area contributed by atoms with Crippen molar-refractivity contribution >= 4 is 6.21 Å². The van der Waals surface area contributed by atoms with Gasteiger partial charge in [0.05, 0.1) is 12.1 Å². The Kier molecular flexibility index (Phi) is 7.52. The number of aliphatic hydroxyl groups is 1. The maximum Gasteiger partial charge on any atom is 0.416 e. The maximum atomic E-state index is 12.4. The van der Waals surface area contributed by atoms with Crippen molar-refractivity contribution in [2.75, 3.05) is 7.11 Å². The summed E-state index contributed by atoms with van der Waals surface area (Å²) in [5.74, 6) is 0. The predicted molar refractivity (Wildman–Crippen MR) is 69.7 cm³/mol. The van der Waals surface area contributed by atoms with Crippen LogP contribution in [0.15, 0.2) is 41.0 Å². The van der Waals surface area contributed by atoms with Crippen molar-refractivity contribution < 1.29 is 18.3 Å². The Bertz CT molecular complexity index is 440. The van der Waals surface area contributed by atoms with Crippen LogP contribution in [0.5, 0.6) is 0 Å². The van der Waals surface area contributed by atoms with Crippen molar-refractivity contribution in [3.8, 4) is 0 Å². The van der Waals surface area contributed by atoms with E-state index in [0.29, 0.717) is 5.56 Å². The average molecular weight is 274 g/mol. The summed E-state index contributed by atoms with van der Waals surface area (Å²) in [4.78, 5) is 3.99. The minimum atomic E-state index is -4.31. The molecule has 0 radical (unpaired) electrons. The highest BCUT2D eigenvalue weighted by Crippen LogP contribution is 2.29. The third-order valence-electron chi connectivity index (χ3n) is 2.09. The molecule has 0 amide bonds. The van der Waals surface area contributed by atoms with E-state index in [1.807, 2.05) is 0 Å². The van der Waals surface area contributed by atoms with Crippen molar-refractivity contribution in [2.45, 2.75) is 19.6 Å². The molecule has 1 aromatic rings. The number of halogens is 3. The molecule has 0 unspecified atom stereocenters. The summed E-state index contributed by atoms with van der Waals surface area (Å²) in [6.07, 6.45) is -1.40. The average Bonchev–Trinajstić information content (AvgIpc) is 2.40. The van der Waals surface area contributed by atoms with Gasteiger partial charge in [-0.3, -0.25) is 4.99 Å². The van der Waals surface area contributed by atoms with Gasteiger partial charge in [-0.15, -0.1) is 0 Å². The third kappa shape index (κ3) is 6.61. The summed E-state index contributed by atoms with van der Waals surface area (Å²) in [5, 5.41) is 7.00. The van der Waals surface area contributed by atoms with Crippen LogP contribution in [0.3, 0.4) is 0 Å². The molecule has 0 spiro atoms. The van der Waals surface area contributed by atoms with Crippen molar-refractivity contribution in [2.24, 2.45) is 10.7 Å². The molecule has 19 heavy (non-hydrogen) atoms. The first-order valence-electron chi connectivity index (χ1n) is 5.42. The van der Waals surface area contributed by atoms with E-state index in [0.717, 1.165) is 24.8 Å². The number of allylic oxidation sites excluding steroid dienone is 1. The van der Waals surface area contributed by atoms with Crippen LogP contribution in [0.1, 0.15) is 18.1 Å². The quantitative estimate of drug-likeness (QED) is 0.833. The Balaban J connectivity index is 0.00000154. The number of hydrogen-bond donors (Lipinski definition) is 2. The number of aliphatic hydroxyl groups excluding tert-OH is 1. The van der Waals surface area contributed by atoms with Crippen LogP contribution in [-0.2, 0) is 12.7 Å². The molecule has 0 aliphatic carbocycles. The number of hydrogen-bond acceptors (Lipinski definition) is 3. The number of benzene rings is 1. The predicted octanol–water partition coefficient (Wildman–Crippen LogP) is 2.75. The van der Waals surface area contributed by atoms with Gasteiger partial charge in [0.1, 0.15) is 0 Å². The summed E-state index contributed by atoms with van der Waals surface area (Å²) >= 11 is 0. The van der Waals surface area contributed by atoms with E-state index >= 15 is 0 Å². The zero-order valence-electron chi connectivity index (χ0n) is 10.8. The molecule has 0 atom stereocenters. The second kappa shape index (κ2) is 8.31. The van der Waals surface area contributed by atoms with Gasteiger partial charge in [-0.1, -0.05) is 12.1 Å². The Morgan fingerprint density at radius 1 is 1.37 bits per heavy atom. The fourth-order valence-electron chi connectivity index (χ4n) is 1.18. The van der Waals surface area contributed by atoms with Crippen LogP contribution in [-0.4, -0.2) is 18.4 Å². The van der Waals surface area contributed by atoms with Gasteiger partial charge >= 0.3 is 6.18 Å². The van der Waals surface area contributed by atoms with E-state index in [1.54, 1.807) is 13.0 Å². The SMILES string of the molecule is C/C(C=NCc1cccc(C(F)(F)F)c1)=C/N.CO. The van der Waals surface area contributed by atoms with E-state index < -0.39 is 11.7 Å². The second-order valence-electron chi connectivity index (χ2n) is 3.58. The number of rotatable bonds is 3. The molecule has 0 fully saturated rings. The summed E-state index contributed by atoms with van der Waals surface area (Å²) in [7, 11) is 1.00. The molecule has 0 saturated heterocycles. The zero-order chi connectivity index (χ0) is 14.9. The standard InChI is InChI=1S/C12H13F3N2.CH4O/c1-9(6-16)7-17-8-10-3-2-4-11(5-10)12(13,14)15;1-2/h2-7H,8,16H2,1H3;2H,1H3/b9-6-,17-7?;. The molecule has 6 heteroatoms. The van der Waals surface area contributed by atoms with Gasteiger partial charge in [0.2, 0.25) is 0 Å². The van der Waals surface area contributed by atoms with Crippen LogP contribution in [0.2, 0.25) is 0 Å². The molecular formula is C13H17F3N2O. The van der Waals surface area contributed by atoms with Gasteiger partial charge in [-0.25, -0.2) is 0 Å². The van der Waals surface area contributed by atoms with Gasteiger partial charge in [-0.05, 0) is 36.4 Å². The lowest BCUT2D eigenvalue weighted by atomic mass is 10.1. The van der Waals surface area contributed by atoms with Gasteiger partial charge < -0.3 is 10.8 Å². The van der Waals surface area contributed by atoms with Gasteiger partial charge in [0.25, 0.3) is 0 Å². The van der Waals surface area contributed by atoms with E-state index in [2.05, 4.69) is 4.99 Å². The van der Waals surface area contributed by atoms with E-state index in [9.17, 15) is 13.2 Å². The zero-order valence-corrected chi connectivity index (χ0v) is 10.8. The third-order valence-corrected chi connectivity index (χ3v) is 2.09. The lowest BCUT2D eigenvalue weighted by molar-refractivity contribution is -0.137. The molecule has 0 saturated carbocycles. The highest BCUT2D eigenvalue weighted by molar-refractivity contribution is 5.77. The van der Waals surface area contributed by atoms with Crippen molar-refractivity contribution in [3.63, 3.8) is 0 Å². The summed E-state index contributed by atoms with van der Waals surface area (Å²) in [6.45, 7) is 1.96. The first-order chi connectivity index (χ1) is 8.93. The lowest BCUT2D eigenvalue weighted by Gasteiger charge is -2.07. The molecule has 0 aliphatic heterocycles. The lowest BCUT2D eigenvalue weighted by Crippen LogP contribution is -2.05. The largest absolute Gasteiger partial charge is 0.416 e. The number of nitrogens with zero attached hydrogens (tertiary/aromatic N) is 1. The molecule has 0 heterocycles. The van der Waals surface area contributed by atoms with Crippen LogP contribution in [0.25, 0.3) is 0 Å². The van der Waals surface area contributed by atoms with E-state index in [-0.39, 0.29) is 6.54 Å². The van der Waals surface area contributed by atoms with Gasteiger partial charge in [0, 0.05) is 13.3 Å². The van der Waals surface area contributed by atoms with Crippen molar-refractivity contribution in [1.82, 2.24) is 0 Å². The summed E-state index contributed by atoms with van der Waals surface area (Å²) < 4.78 is 37.2. The van der Waals surface area contributed by atoms with Crippen LogP contribution >= 0.6 is 0 Å². The highest BCUT2D eigenvalue weighted by Gasteiger charge is 2.30. The van der Waals surface area contributed by atoms with Crippen molar-refractivity contribution in [1.29, 1.82) is 0 Å². The molecule has 3 N–H and O–H groups in total.